The average molecular weight is 520 g/mol. The number of piperazine rings is 1. The number of nitrogens with zero attached hydrogens (tertiary/aromatic N) is 2. The predicted molar refractivity (Wildman–Crippen MR) is 143 cm³/mol. The number of aryl methyl sites for hydroxylation is 3. The molecule has 2 fully saturated rings. The molecule has 2 aliphatic rings. The Morgan fingerprint density at radius 3 is 2.25 bits per heavy atom. The molecular formula is C28H45N3O4S. The van der Waals surface area contributed by atoms with Crippen molar-refractivity contribution in [2.45, 2.75) is 103 Å². The van der Waals surface area contributed by atoms with Crippen LogP contribution in [-0.2, 0) is 19.6 Å². The first kappa shape index (κ1) is 28.6. The highest BCUT2D eigenvalue weighted by Crippen LogP contribution is 2.29. The number of carbonyl (C=O) groups excluding carboxylic acids is 2. The van der Waals surface area contributed by atoms with Crippen molar-refractivity contribution < 1.29 is 18.0 Å². The maximum absolute atomic E-state index is 13.6. The Kier molecular flexibility index (Phi) is 9.61. The van der Waals surface area contributed by atoms with E-state index in [2.05, 4.69) is 4.72 Å². The number of carbonyl (C=O) groups is 2. The molecule has 0 bridgehead atoms. The summed E-state index contributed by atoms with van der Waals surface area (Å²) in [7, 11) is -3.89. The topological polar surface area (TPSA) is 86.8 Å². The highest BCUT2D eigenvalue weighted by atomic mass is 32.2. The number of sulfonamides is 1. The first-order valence-corrected chi connectivity index (χ1v) is 15.1. The molecule has 8 heteroatoms. The zero-order chi connectivity index (χ0) is 26.6. The van der Waals surface area contributed by atoms with Gasteiger partial charge in [0.2, 0.25) is 21.8 Å². The van der Waals surface area contributed by atoms with E-state index >= 15 is 0 Å². The SMILES string of the molecule is CCC(C)C(NS(=O)(=O)c1c(C)cc(C)cc1C)C(=O)N1CCN(C(=O)CCC2CCCC2)C(C)C1. The molecule has 2 amide bonds. The molecule has 3 unspecified atom stereocenters. The summed E-state index contributed by atoms with van der Waals surface area (Å²) in [5.41, 5.74) is 2.35. The number of nitrogens with one attached hydrogen (secondary N) is 1. The zero-order valence-electron chi connectivity index (χ0n) is 23.0. The van der Waals surface area contributed by atoms with Gasteiger partial charge in [-0.1, -0.05) is 63.6 Å². The molecule has 1 saturated carbocycles. The van der Waals surface area contributed by atoms with Gasteiger partial charge in [-0.3, -0.25) is 9.59 Å². The lowest BCUT2D eigenvalue weighted by Gasteiger charge is -2.41. The minimum absolute atomic E-state index is 0.0884. The molecular weight excluding hydrogens is 474 g/mol. The molecule has 3 atom stereocenters. The first-order chi connectivity index (χ1) is 16.9. The molecule has 202 valence electrons. The van der Waals surface area contributed by atoms with Crippen LogP contribution < -0.4 is 4.72 Å². The van der Waals surface area contributed by atoms with Crippen molar-refractivity contribution in [1.29, 1.82) is 0 Å². The third-order valence-electron chi connectivity index (χ3n) is 8.14. The van der Waals surface area contributed by atoms with Crippen molar-refractivity contribution in [2.24, 2.45) is 11.8 Å². The fraction of sp³-hybridized carbons (Fsp3) is 0.714. The van der Waals surface area contributed by atoms with Crippen LogP contribution in [0.3, 0.4) is 0 Å². The molecule has 1 aromatic rings. The Hall–Kier alpha value is -1.93. The summed E-state index contributed by atoms with van der Waals surface area (Å²) >= 11 is 0. The second-order valence-electron chi connectivity index (χ2n) is 11.1. The first-order valence-electron chi connectivity index (χ1n) is 13.6. The minimum atomic E-state index is -3.89. The predicted octanol–water partition coefficient (Wildman–Crippen LogP) is 4.33. The van der Waals surface area contributed by atoms with Crippen LogP contribution in [-0.4, -0.2) is 61.7 Å². The van der Waals surface area contributed by atoms with Gasteiger partial charge in [-0.25, -0.2) is 8.42 Å². The van der Waals surface area contributed by atoms with E-state index in [-0.39, 0.29) is 28.7 Å². The van der Waals surface area contributed by atoms with E-state index in [0.717, 1.165) is 12.0 Å². The van der Waals surface area contributed by atoms with E-state index in [1.165, 1.54) is 25.7 Å². The Morgan fingerprint density at radius 2 is 1.69 bits per heavy atom. The van der Waals surface area contributed by atoms with E-state index in [0.29, 0.717) is 49.5 Å². The van der Waals surface area contributed by atoms with Crippen molar-refractivity contribution in [3.63, 3.8) is 0 Å². The largest absolute Gasteiger partial charge is 0.337 e. The molecule has 1 saturated heterocycles. The van der Waals surface area contributed by atoms with Gasteiger partial charge < -0.3 is 9.80 Å². The smallest absolute Gasteiger partial charge is 0.241 e. The quantitative estimate of drug-likeness (QED) is 0.526. The van der Waals surface area contributed by atoms with Crippen molar-refractivity contribution >= 4 is 21.8 Å². The van der Waals surface area contributed by atoms with Crippen molar-refractivity contribution in [3.8, 4) is 0 Å². The van der Waals surface area contributed by atoms with Crippen molar-refractivity contribution in [3.05, 3.63) is 28.8 Å². The van der Waals surface area contributed by atoms with Gasteiger partial charge in [-0.05, 0) is 57.1 Å². The summed E-state index contributed by atoms with van der Waals surface area (Å²) in [6.45, 7) is 12.7. The van der Waals surface area contributed by atoms with E-state index in [9.17, 15) is 18.0 Å². The summed E-state index contributed by atoms with van der Waals surface area (Å²) in [4.78, 5) is 30.4. The van der Waals surface area contributed by atoms with Crippen LogP contribution in [0.5, 0.6) is 0 Å². The highest BCUT2D eigenvalue weighted by molar-refractivity contribution is 7.89. The zero-order valence-corrected chi connectivity index (χ0v) is 23.8. The Bertz CT molecular complexity index is 1030. The Labute approximate surface area is 218 Å². The average Bonchev–Trinajstić information content (AvgIpc) is 3.33. The van der Waals surface area contributed by atoms with Crippen LogP contribution in [0, 0.1) is 32.6 Å². The third-order valence-corrected chi connectivity index (χ3v) is 9.88. The van der Waals surface area contributed by atoms with Crippen LogP contribution in [0.2, 0.25) is 0 Å². The van der Waals surface area contributed by atoms with Gasteiger partial charge >= 0.3 is 0 Å². The normalized spacial score (nSPS) is 21.0. The van der Waals surface area contributed by atoms with Crippen LogP contribution in [0.15, 0.2) is 17.0 Å². The van der Waals surface area contributed by atoms with Gasteiger partial charge in [-0.2, -0.15) is 4.72 Å². The summed E-state index contributed by atoms with van der Waals surface area (Å²) in [5, 5.41) is 0. The number of amides is 2. The fourth-order valence-electron chi connectivity index (χ4n) is 5.96. The molecule has 0 radical (unpaired) electrons. The molecule has 0 spiro atoms. The Morgan fingerprint density at radius 1 is 1.08 bits per heavy atom. The van der Waals surface area contributed by atoms with Crippen LogP contribution in [0.1, 0.15) is 82.4 Å². The molecule has 1 N–H and O–H groups in total. The van der Waals surface area contributed by atoms with Crippen molar-refractivity contribution in [1.82, 2.24) is 14.5 Å². The lowest BCUT2D eigenvalue weighted by molar-refractivity contribution is -0.144. The maximum Gasteiger partial charge on any atom is 0.241 e. The molecule has 1 aliphatic carbocycles. The molecule has 1 aromatic carbocycles. The summed E-state index contributed by atoms with van der Waals surface area (Å²) in [6, 6.07) is 2.77. The highest BCUT2D eigenvalue weighted by Gasteiger charge is 2.37. The molecule has 0 aromatic heterocycles. The monoisotopic (exact) mass is 519 g/mol. The van der Waals surface area contributed by atoms with Gasteiger partial charge in [0.05, 0.1) is 4.90 Å². The van der Waals surface area contributed by atoms with E-state index in [4.69, 9.17) is 0 Å². The fourth-order valence-corrected chi connectivity index (χ4v) is 7.71. The van der Waals surface area contributed by atoms with Crippen LogP contribution in [0.25, 0.3) is 0 Å². The van der Waals surface area contributed by atoms with Gasteiger partial charge in [0.25, 0.3) is 0 Å². The standard InChI is InChI=1S/C28H45N3O4S/c1-7-20(3)26(29-36(34,35)27-21(4)16-19(2)17-22(27)5)28(33)30-14-15-31(23(6)18-30)25(32)13-12-24-10-8-9-11-24/h16-17,20,23-24,26,29H,7-15,18H2,1-6H3. The summed E-state index contributed by atoms with van der Waals surface area (Å²) < 4.78 is 29.7. The maximum atomic E-state index is 13.6. The Balaban J connectivity index is 1.69. The molecule has 1 aliphatic heterocycles. The third kappa shape index (κ3) is 6.68. The number of benzene rings is 1. The second kappa shape index (κ2) is 12.1. The van der Waals surface area contributed by atoms with E-state index in [1.54, 1.807) is 18.7 Å². The van der Waals surface area contributed by atoms with Gasteiger partial charge in [0.1, 0.15) is 6.04 Å². The van der Waals surface area contributed by atoms with Crippen molar-refractivity contribution in [2.75, 3.05) is 19.6 Å². The molecule has 7 nitrogen and oxygen atoms in total. The van der Waals surface area contributed by atoms with Crippen LogP contribution in [0.4, 0.5) is 0 Å². The van der Waals surface area contributed by atoms with Gasteiger partial charge in [0, 0.05) is 32.1 Å². The lowest BCUT2D eigenvalue weighted by atomic mass is 9.98. The number of hydrogen-bond donors (Lipinski definition) is 1. The van der Waals surface area contributed by atoms with Gasteiger partial charge in [0.15, 0.2) is 0 Å². The summed E-state index contributed by atoms with van der Waals surface area (Å²) in [5.74, 6) is 0.475. The summed E-state index contributed by atoms with van der Waals surface area (Å²) in [6.07, 6.45) is 7.23. The van der Waals surface area contributed by atoms with Gasteiger partial charge in [-0.15, -0.1) is 0 Å². The second-order valence-corrected chi connectivity index (χ2v) is 12.8. The van der Waals surface area contributed by atoms with E-state index < -0.39 is 16.1 Å². The van der Waals surface area contributed by atoms with E-state index in [1.807, 2.05) is 44.7 Å². The number of rotatable bonds is 9. The molecule has 3 rings (SSSR count). The lowest BCUT2D eigenvalue weighted by Crippen LogP contribution is -2.60. The van der Waals surface area contributed by atoms with Crippen LogP contribution >= 0.6 is 0 Å². The molecule has 36 heavy (non-hydrogen) atoms. The molecule has 1 heterocycles. The minimum Gasteiger partial charge on any atom is -0.337 e. The number of hydrogen-bond acceptors (Lipinski definition) is 4.